The van der Waals surface area contributed by atoms with E-state index in [1.54, 1.807) is 12.1 Å². The van der Waals surface area contributed by atoms with E-state index in [-0.39, 0.29) is 5.84 Å². The number of amidine groups is 1. The van der Waals surface area contributed by atoms with E-state index < -0.39 is 0 Å². The molecule has 0 fully saturated rings. The van der Waals surface area contributed by atoms with Crippen molar-refractivity contribution in [3.63, 3.8) is 0 Å². The van der Waals surface area contributed by atoms with Crippen molar-refractivity contribution in [3.05, 3.63) is 59.2 Å². The van der Waals surface area contributed by atoms with E-state index in [2.05, 4.69) is 13.8 Å². The Hall–Kier alpha value is -2.29. The molecule has 0 heterocycles. The van der Waals surface area contributed by atoms with Gasteiger partial charge in [0.05, 0.1) is 0 Å². The van der Waals surface area contributed by atoms with E-state index in [0.717, 1.165) is 11.5 Å². The summed E-state index contributed by atoms with van der Waals surface area (Å²) in [4.78, 5) is 0. The Morgan fingerprint density at radius 3 is 2.11 bits per heavy atom. The number of aryl methyl sites for hydroxylation is 2. The van der Waals surface area contributed by atoms with Crippen molar-refractivity contribution in [2.75, 3.05) is 0 Å². The SMILES string of the molecule is Cc1ccc(Oc2ccc(C(=N)N)cc2)cc1C. The molecule has 3 nitrogen and oxygen atoms in total. The second-order valence-electron chi connectivity index (χ2n) is 4.29. The van der Waals surface area contributed by atoms with E-state index in [9.17, 15) is 0 Å². The fraction of sp³-hybridized carbons (Fsp3) is 0.133. The maximum atomic E-state index is 7.32. The molecule has 18 heavy (non-hydrogen) atoms. The average Bonchev–Trinajstić information content (AvgIpc) is 2.34. The summed E-state index contributed by atoms with van der Waals surface area (Å²) < 4.78 is 5.74. The van der Waals surface area contributed by atoms with Crippen molar-refractivity contribution in [1.82, 2.24) is 0 Å². The highest BCUT2D eigenvalue weighted by molar-refractivity contribution is 5.94. The van der Waals surface area contributed by atoms with Gasteiger partial charge < -0.3 is 10.5 Å². The Labute approximate surface area is 107 Å². The molecular weight excluding hydrogens is 224 g/mol. The Kier molecular flexibility index (Phi) is 3.33. The fourth-order valence-corrected chi connectivity index (χ4v) is 1.62. The van der Waals surface area contributed by atoms with E-state index in [4.69, 9.17) is 15.9 Å². The molecule has 0 amide bonds. The number of nitrogens with one attached hydrogen (secondary N) is 1. The lowest BCUT2D eigenvalue weighted by Gasteiger charge is -2.08. The number of hydrogen-bond acceptors (Lipinski definition) is 2. The second-order valence-corrected chi connectivity index (χ2v) is 4.29. The standard InChI is InChI=1S/C15H16N2O/c1-10-3-6-14(9-11(10)2)18-13-7-4-12(5-8-13)15(16)17/h3-9H,1-2H3,(H3,16,17). The minimum atomic E-state index is 0.0627. The lowest BCUT2D eigenvalue weighted by Crippen LogP contribution is -2.10. The molecule has 0 bridgehead atoms. The van der Waals surface area contributed by atoms with Gasteiger partial charge in [0.25, 0.3) is 0 Å². The van der Waals surface area contributed by atoms with Crippen LogP contribution in [0.15, 0.2) is 42.5 Å². The number of nitrogen functional groups attached to an aromatic ring is 1. The third-order valence-corrected chi connectivity index (χ3v) is 2.88. The van der Waals surface area contributed by atoms with Gasteiger partial charge in [-0.15, -0.1) is 0 Å². The smallest absolute Gasteiger partial charge is 0.127 e. The van der Waals surface area contributed by atoms with Crippen LogP contribution >= 0.6 is 0 Å². The highest BCUT2D eigenvalue weighted by atomic mass is 16.5. The molecular formula is C15H16N2O. The molecule has 92 valence electrons. The lowest BCUT2D eigenvalue weighted by molar-refractivity contribution is 0.482. The summed E-state index contributed by atoms with van der Waals surface area (Å²) in [5, 5.41) is 7.32. The Balaban J connectivity index is 2.18. The van der Waals surface area contributed by atoms with Gasteiger partial charge in [-0.3, -0.25) is 5.41 Å². The van der Waals surface area contributed by atoms with Gasteiger partial charge in [-0.05, 0) is 61.4 Å². The summed E-state index contributed by atoms with van der Waals surface area (Å²) in [6, 6.07) is 13.2. The van der Waals surface area contributed by atoms with Crippen LogP contribution in [0.1, 0.15) is 16.7 Å². The molecule has 2 aromatic rings. The third kappa shape index (κ3) is 2.69. The van der Waals surface area contributed by atoms with Crippen LogP contribution in [-0.2, 0) is 0 Å². The zero-order valence-electron chi connectivity index (χ0n) is 10.5. The minimum absolute atomic E-state index is 0.0627. The molecule has 2 aromatic carbocycles. The molecule has 0 radical (unpaired) electrons. The molecule has 0 aliphatic rings. The maximum absolute atomic E-state index is 7.32. The monoisotopic (exact) mass is 240 g/mol. The van der Waals surface area contributed by atoms with E-state index in [0.29, 0.717) is 5.56 Å². The van der Waals surface area contributed by atoms with Crippen molar-refractivity contribution in [2.24, 2.45) is 5.73 Å². The molecule has 2 rings (SSSR count). The topological polar surface area (TPSA) is 59.1 Å². The largest absolute Gasteiger partial charge is 0.457 e. The molecule has 3 heteroatoms. The lowest BCUT2D eigenvalue weighted by atomic mass is 10.1. The van der Waals surface area contributed by atoms with Crippen molar-refractivity contribution in [1.29, 1.82) is 5.41 Å². The van der Waals surface area contributed by atoms with Crippen LogP contribution in [0.25, 0.3) is 0 Å². The summed E-state index contributed by atoms with van der Waals surface area (Å²) in [6.07, 6.45) is 0. The molecule has 0 aliphatic carbocycles. The van der Waals surface area contributed by atoms with Crippen molar-refractivity contribution >= 4 is 5.84 Å². The van der Waals surface area contributed by atoms with E-state index in [1.807, 2.05) is 30.3 Å². The molecule has 0 unspecified atom stereocenters. The van der Waals surface area contributed by atoms with Crippen LogP contribution in [0.2, 0.25) is 0 Å². The highest BCUT2D eigenvalue weighted by Gasteiger charge is 2.01. The Bertz CT molecular complexity index is 574. The predicted molar refractivity (Wildman–Crippen MR) is 73.4 cm³/mol. The van der Waals surface area contributed by atoms with Crippen LogP contribution in [-0.4, -0.2) is 5.84 Å². The van der Waals surface area contributed by atoms with Gasteiger partial charge in [-0.1, -0.05) is 6.07 Å². The van der Waals surface area contributed by atoms with Crippen LogP contribution in [0, 0.1) is 19.3 Å². The molecule has 0 saturated carbocycles. The molecule has 0 spiro atoms. The maximum Gasteiger partial charge on any atom is 0.127 e. The first-order valence-corrected chi connectivity index (χ1v) is 5.76. The average molecular weight is 240 g/mol. The summed E-state index contributed by atoms with van der Waals surface area (Å²) in [7, 11) is 0. The van der Waals surface area contributed by atoms with Gasteiger partial charge in [0.2, 0.25) is 0 Å². The number of rotatable bonds is 3. The Morgan fingerprint density at radius 2 is 1.56 bits per heavy atom. The summed E-state index contributed by atoms with van der Waals surface area (Å²) >= 11 is 0. The van der Waals surface area contributed by atoms with E-state index in [1.165, 1.54) is 11.1 Å². The van der Waals surface area contributed by atoms with Gasteiger partial charge >= 0.3 is 0 Å². The van der Waals surface area contributed by atoms with Crippen molar-refractivity contribution in [2.45, 2.75) is 13.8 Å². The number of benzene rings is 2. The summed E-state index contributed by atoms with van der Waals surface area (Å²) in [5.74, 6) is 1.62. The van der Waals surface area contributed by atoms with Crippen molar-refractivity contribution in [3.8, 4) is 11.5 Å². The normalized spacial score (nSPS) is 10.1. The van der Waals surface area contributed by atoms with Crippen LogP contribution in [0.3, 0.4) is 0 Å². The molecule has 0 atom stereocenters. The first kappa shape index (κ1) is 12.2. The van der Waals surface area contributed by atoms with Gasteiger partial charge in [0.15, 0.2) is 0 Å². The first-order chi connectivity index (χ1) is 8.56. The van der Waals surface area contributed by atoms with Crippen molar-refractivity contribution < 1.29 is 4.74 Å². The minimum Gasteiger partial charge on any atom is -0.457 e. The molecule has 0 saturated heterocycles. The molecule has 0 aliphatic heterocycles. The zero-order chi connectivity index (χ0) is 13.1. The van der Waals surface area contributed by atoms with Gasteiger partial charge in [-0.2, -0.15) is 0 Å². The van der Waals surface area contributed by atoms with Crippen LogP contribution in [0.4, 0.5) is 0 Å². The predicted octanol–water partition coefficient (Wildman–Crippen LogP) is 3.38. The fourth-order valence-electron chi connectivity index (χ4n) is 1.62. The number of nitrogens with two attached hydrogens (primary N) is 1. The van der Waals surface area contributed by atoms with Gasteiger partial charge in [0, 0.05) is 5.56 Å². The quantitative estimate of drug-likeness (QED) is 0.638. The Morgan fingerprint density at radius 1 is 0.944 bits per heavy atom. The number of ether oxygens (including phenoxy) is 1. The van der Waals surface area contributed by atoms with Crippen LogP contribution < -0.4 is 10.5 Å². The molecule has 3 N–H and O–H groups in total. The number of hydrogen-bond donors (Lipinski definition) is 2. The summed E-state index contributed by atoms with van der Waals surface area (Å²) in [6.45, 7) is 4.13. The highest BCUT2D eigenvalue weighted by Crippen LogP contribution is 2.23. The second kappa shape index (κ2) is 4.92. The van der Waals surface area contributed by atoms with Gasteiger partial charge in [0.1, 0.15) is 17.3 Å². The first-order valence-electron chi connectivity index (χ1n) is 5.76. The third-order valence-electron chi connectivity index (χ3n) is 2.88. The zero-order valence-corrected chi connectivity index (χ0v) is 10.5. The summed E-state index contributed by atoms with van der Waals surface area (Å²) in [5.41, 5.74) is 8.54. The van der Waals surface area contributed by atoms with Crippen LogP contribution in [0.5, 0.6) is 11.5 Å². The van der Waals surface area contributed by atoms with Gasteiger partial charge in [-0.25, -0.2) is 0 Å². The van der Waals surface area contributed by atoms with E-state index >= 15 is 0 Å². The molecule has 0 aromatic heterocycles.